The lowest BCUT2D eigenvalue weighted by molar-refractivity contribution is -0.697. The molecule has 0 radical (unpaired) electrons. The van der Waals surface area contributed by atoms with Gasteiger partial charge in [0, 0.05) is 29.1 Å². The van der Waals surface area contributed by atoms with Gasteiger partial charge in [-0.05, 0) is 24.6 Å². The zero-order valence-electron chi connectivity index (χ0n) is 13.0. The highest BCUT2D eigenvalue weighted by atomic mass is 35.5. The van der Waals surface area contributed by atoms with Crippen LogP contribution in [0, 0.1) is 0 Å². The van der Waals surface area contributed by atoms with Gasteiger partial charge in [0.2, 0.25) is 0 Å². The van der Waals surface area contributed by atoms with Crippen molar-refractivity contribution in [2.45, 2.75) is 39.3 Å². The van der Waals surface area contributed by atoms with Crippen LogP contribution in [0.2, 0.25) is 5.02 Å². The van der Waals surface area contributed by atoms with E-state index in [1.807, 2.05) is 0 Å². The van der Waals surface area contributed by atoms with E-state index >= 15 is 0 Å². The Bertz CT molecular complexity index is 625. The number of ether oxygens (including phenoxy) is 1. The van der Waals surface area contributed by atoms with Crippen LogP contribution >= 0.6 is 11.6 Å². The topological polar surface area (TPSA) is 30.2 Å². The Morgan fingerprint density at radius 2 is 1.95 bits per heavy atom. The van der Waals surface area contributed by atoms with E-state index in [1.165, 1.54) is 0 Å². The zero-order chi connectivity index (χ0) is 15.9. The molecule has 0 bridgehead atoms. The molecule has 4 heteroatoms. The summed E-state index contributed by atoms with van der Waals surface area (Å²) < 4.78 is 8.18. The highest BCUT2D eigenvalue weighted by molar-refractivity contribution is 6.30. The highest BCUT2D eigenvalue weighted by Crippen LogP contribution is 2.28. The molecule has 1 aromatic heterocycles. The van der Waals surface area contributed by atoms with Crippen LogP contribution < -0.4 is 9.30 Å². The minimum Gasteiger partial charge on any atom is -0.485 e. The van der Waals surface area contributed by atoms with Gasteiger partial charge in [-0.15, -0.1) is 0 Å². The highest BCUT2D eigenvalue weighted by Gasteiger charge is 2.15. The molecule has 2 rings (SSSR count). The van der Waals surface area contributed by atoms with Crippen LogP contribution in [0.5, 0.6) is 5.75 Å². The molecule has 0 saturated heterocycles. The quantitative estimate of drug-likeness (QED) is 0.560. The van der Waals surface area contributed by atoms with Gasteiger partial charge in [0.1, 0.15) is 18.4 Å². The summed E-state index contributed by atoms with van der Waals surface area (Å²) in [5.41, 5.74) is 1.57. The van der Waals surface area contributed by atoms with E-state index in [2.05, 4.69) is 42.9 Å². The van der Waals surface area contributed by atoms with Gasteiger partial charge in [-0.25, -0.2) is 4.57 Å². The molecule has 0 saturated carbocycles. The molecule has 1 aromatic carbocycles. The van der Waals surface area contributed by atoms with Gasteiger partial charge in [0.05, 0.1) is 5.56 Å². The Labute approximate surface area is 136 Å². The molecular weight excluding hydrogens is 298 g/mol. The number of halogens is 1. The first-order chi connectivity index (χ1) is 10.7. The van der Waals surface area contributed by atoms with E-state index in [4.69, 9.17) is 16.3 Å². The van der Waals surface area contributed by atoms with Crippen molar-refractivity contribution in [2.75, 3.05) is 0 Å². The van der Waals surface area contributed by atoms with Crippen molar-refractivity contribution in [1.82, 2.24) is 0 Å². The third-order valence-electron chi connectivity index (χ3n) is 3.51. The fraction of sp³-hybridized carbons (Fsp3) is 0.333. The van der Waals surface area contributed by atoms with E-state index in [0.29, 0.717) is 16.3 Å². The van der Waals surface area contributed by atoms with E-state index in [9.17, 15) is 4.79 Å². The average Bonchev–Trinajstić information content (AvgIpc) is 2.55. The summed E-state index contributed by atoms with van der Waals surface area (Å²) in [4.78, 5) is 11.2. The van der Waals surface area contributed by atoms with Crippen molar-refractivity contribution in [3.05, 3.63) is 58.9 Å². The summed E-state index contributed by atoms with van der Waals surface area (Å²) in [6.07, 6.45) is 6.73. The van der Waals surface area contributed by atoms with Gasteiger partial charge in [0.25, 0.3) is 0 Å². The predicted molar refractivity (Wildman–Crippen MR) is 87.4 cm³/mol. The minimum atomic E-state index is -0.0869. The molecule has 3 nitrogen and oxygen atoms in total. The normalized spacial score (nSPS) is 12.0. The minimum absolute atomic E-state index is 0.0869. The van der Waals surface area contributed by atoms with Crippen LogP contribution in [0.25, 0.3) is 0 Å². The molecule has 1 atom stereocenters. The summed E-state index contributed by atoms with van der Waals surface area (Å²) in [7, 11) is 0. The van der Waals surface area contributed by atoms with E-state index in [-0.39, 0.29) is 6.10 Å². The Morgan fingerprint density at radius 3 is 2.55 bits per heavy atom. The summed E-state index contributed by atoms with van der Waals surface area (Å²) in [5.74, 6) is 0.566. The predicted octanol–water partition coefficient (Wildman–Crippen LogP) is 4.38. The van der Waals surface area contributed by atoms with E-state index < -0.39 is 0 Å². The standard InChI is InChI=1S/C18H21ClNO2/c1-3-9-20-10-7-14(8-11-20)17(4-2)22-18-6-5-16(19)12-15(18)13-21/h5-8,10-13,17H,3-4,9H2,1-2H3/q+1. The second-order valence-electron chi connectivity index (χ2n) is 5.18. The lowest BCUT2D eigenvalue weighted by Crippen LogP contribution is -2.32. The van der Waals surface area contributed by atoms with Crippen LogP contribution in [0.1, 0.15) is 48.7 Å². The maximum Gasteiger partial charge on any atom is 0.169 e. The molecule has 22 heavy (non-hydrogen) atoms. The first kappa shape index (κ1) is 16.5. The summed E-state index contributed by atoms with van der Waals surface area (Å²) in [6.45, 7) is 5.22. The van der Waals surface area contributed by atoms with Crippen LogP contribution in [0.4, 0.5) is 0 Å². The molecule has 116 valence electrons. The average molecular weight is 319 g/mol. The number of aldehydes is 1. The SMILES string of the molecule is CCC[n+]1ccc(C(CC)Oc2ccc(Cl)cc2C=O)cc1. The molecule has 1 unspecified atom stereocenters. The van der Waals surface area contributed by atoms with Crippen molar-refractivity contribution < 1.29 is 14.1 Å². The lowest BCUT2D eigenvalue weighted by Gasteiger charge is -2.18. The number of rotatable bonds is 7. The Kier molecular flexibility index (Phi) is 5.96. The number of aromatic nitrogens is 1. The third kappa shape index (κ3) is 4.08. The first-order valence-electron chi connectivity index (χ1n) is 7.58. The van der Waals surface area contributed by atoms with Crippen molar-refractivity contribution >= 4 is 17.9 Å². The molecule has 0 spiro atoms. The van der Waals surface area contributed by atoms with Crippen LogP contribution in [-0.4, -0.2) is 6.29 Å². The fourth-order valence-electron chi connectivity index (χ4n) is 2.35. The number of benzene rings is 1. The van der Waals surface area contributed by atoms with Crippen LogP contribution in [-0.2, 0) is 6.54 Å². The number of hydrogen-bond acceptors (Lipinski definition) is 2. The number of carbonyl (C=O) groups is 1. The number of aryl methyl sites for hydroxylation is 1. The summed E-state index contributed by atoms with van der Waals surface area (Å²) in [6, 6.07) is 9.24. The van der Waals surface area contributed by atoms with Gasteiger partial charge in [0.15, 0.2) is 18.7 Å². The number of nitrogens with zero attached hydrogens (tertiary/aromatic N) is 1. The molecule has 0 aliphatic carbocycles. The Balaban J connectivity index is 2.20. The number of pyridine rings is 1. The van der Waals surface area contributed by atoms with Gasteiger partial charge in [-0.3, -0.25) is 4.79 Å². The first-order valence-corrected chi connectivity index (χ1v) is 7.96. The lowest BCUT2D eigenvalue weighted by atomic mass is 10.1. The monoisotopic (exact) mass is 318 g/mol. The number of carbonyl (C=O) groups excluding carboxylic acids is 1. The third-order valence-corrected chi connectivity index (χ3v) is 3.74. The second kappa shape index (κ2) is 7.95. The molecule has 2 aromatic rings. The maximum atomic E-state index is 11.2. The van der Waals surface area contributed by atoms with Crippen LogP contribution in [0.3, 0.4) is 0 Å². The Morgan fingerprint density at radius 1 is 1.23 bits per heavy atom. The molecule has 0 amide bonds. The van der Waals surface area contributed by atoms with E-state index in [0.717, 1.165) is 31.2 Å². The molecular formula is C18H21ClNO2+. The molecule has 0 aliphatic heterocycles. The van der Waals surface area contributed by atoms with E-state index in [1.54, 1.807) is 18.2 Å². The van der Waals surface area contributed by atoms with Gasteiger partial charge in [-0.2, -0.15) is 0 Å². The van der Waals surface area contributed by atoms with Gasteiger partial charge in [-0.1, -0.05) is 25.4 Å². The molecule has 1 heterocycles. The van der Waals surface area contributed by atoms with Gasteiger partial charge < -0.3 is 4.74 Å². The summed E-state index contributed by atoms with van der Waals surface area (Å²) >= 11 is 5.91. The van der Waals surface area contributed by atoms with Crippen molar-refractivity contribution in [3.8, 4) is 5.75 Å². The molecule has 0 aliphatic rings. The fourth-order valence-corrected chi connectivity index (χ4v) is 2.53. The van der Waals surface area contributed by atoms with Crippen molar-refractivity contribution in [3.63, 3.8) is 0 Å². The molecule has 0 N–H and O–H groups in total. The zero-order valence-corrected chi connectivity index (χ0v) is 13.7. The van der Waals surface area contributed by atoms with Crippen molar-refractivity contribution in [2.24, 2.45) is 0 Å². The van der Waals surface area contributed by atoms with Crippen LogP contribution in [0.15, 0.2) is 42.7 Å². The largest absolute Gasteiger partial charge is 0.485 e. The van der Waals surface area contributed by atoms with Gasteiger partial charge >= 0.3 is 0 Å². The second-order valence-corrected chi connectivity index (χ2v) is 5.62. The molecule has 0 fully saturated rings. The maximum absolute atomic E-state index is 11.2. The Hall–Kier alpha value is -1.87. The van der Waals surface area contributed by atoms with Crippen molar-refractivity contribution in [1.29, 1.82) is 0 Å². The summed E-state index contributed by atoms with van der Waals surface area (Å²) in [5, 5.41) is 0.530. The smallest absolute Gasteiger partial charge is 0.169 e. The number of hydrogen-bond donors (Lipinski definition) is 0.